The average Bonchev–Trinajstić information content (AvgIpc) is 2.51. The van der Waals surface area contributed by atoms with Gasteiger partial charge in [0.1, 0.15) is 0 Å². The lowest BCUT2D eigenvalue weighted by atomic mass is 9.90. The summed E-state index contributed by atoms with van der Waals surface area (Å²) in [6.45, 7) is 6.32. The minimum absolute atomic E-state index is 0.0971. The van der Waals surface area contributed by atoms with Crippen molar-refractivity contribution in [2.75, 3.05) is 13.2 Å². The molecule has 1 aromatic rings. The number of hydrogen-bond donors (Lipinski definition) is 3. The maximum absolute atomic E-state index is 12.6. The third-order valence-electron chi connectivity index (χ3n) is 3.98. The molecule has 4 N–H and O–H groups in total. The van der Waals surface area contributed by atoms with Crippen molar-refractivity contribution in [3.05, 3.63) is 29.8 Å². The zero-order chi connectivity index (χ0) is 18.7. The molecular formula is C17H27N3O4S. The van der Waals surface area contributed by atoms with Gasteiger partial charge < -0.3 is 15.8 Å². The normalized spacial score (nSPS) is 17.9. The Bertz CT molecular complexity index is 720. The third kappa shape index (κ3) is 5.24. The van der Waals surface area contributed by atoms with Crippen LogP contribution >= 0.6 is 0 Å². The number of rotatable bonds is 5. The van der Waals surface area contributed by atoms with Gasteiger partial charge in [-0.05, 0) is 45.2 Å². The lowest BCUT2D eigenvalue weighted by molar-refractivity contribution is -0.129. The summed E-state index contributed by atoms with van der Waals surface area (Å²) >= 11 is 0. The van der Waals surface area contributed by atoms with Crippen LogP contribution in [-0.2, 0) is 26.1 Å². The molecule has 1 amide bonds. The van der Waals surface area contributed by atoms with E-state index in [2.05, 4.69) is 10.0 Å². The van der Waals surface area contributed by atoms with Crippen LogP contribution in [0.3, 0.4) is 0 Å². The molecular weight excluding hydrogens is 342 g/mol. The summed E-state index contributed by atoms with van der Waals surface area (Å²) in [7, 11) is -3.69. The molecule has 7 nitrogen and oxygen atoms in total. The minimum Gasteiger partial charge on any atom is -0.381 e. The Morgan fingerprint density at radius 3 is 2.44 bits per heavy atom. The van der Waals surface area contributed by atoms with Gasteiger partial charge in [-0.25, -0.2) is 13.1 Å². The molecule has 1 aromatic carbocycles. The Hall–Kier alpha value is -1.48. The zero-order valence-corrected chi connectivity index (χ0v) is 15.8. The van der Waals surface area contributed by atoms with E-state index in [1.165, 1.54) is 6.07 Å². The quantitative estimate of drug-likeness (QED) is 0.714. The molecule has 1 fully saturated rings. The molecule has 1 aliphatic rings. The number of sulfonamides is 1. The zero-order valence-electron chi connectivity index (χ0n) is 15.0. The Labute approximate surface area is 149 Å². The molecule has 1 aliphatic heterocycles. The highest BCUT2D eigenvalue weighted by atomic mass is 32.2. The number of carbonyl (C=O) groups excluding carboxylic acids is 1. The molecule has 8 heteroatoms. The molecule has 0 unspecified atom stereocenters. The van der Waals surface area contributed by atoms with E-state index in [1.807, 2.05) is 0 Å². The van der Waals surface area contributed by atoms with Crippen molar-refractivity contribution in [2.45, 2.75) is 56.1 Å². The fraction of sp³-hybridized carbons (Fsp3) is 0.588. The second-order valence-electron chi connectivity index (χ2n) is 7.41. The van der Waals surface area contributed by atoms with Crippen LogP contribution in [0.4, 0.5) is 0 Å². The highest BCUT2D eigenvalue weighted by Crippen LogP contribution is 2.20. The predicted molar refractivity (Wildman–Crippen MR) is 95.3 cm³/mol. The van der Waals surface area contributed by atoms with Gasteiger partial charge in [0.05, 0.1) is 10.4 Å². The van der Waals surface area contributed by atoms with Gasteiger partial charge >= 0.3 is 0 Å². The lowest BCUT2D eigenvalue weighted by Crippen LogP contribution is -2.56. The lowest BCUT2D eigenvalue weighted by Gasteiger charge is -2.31. The molecule has 2 rings (SSSR count). The Morgan fingerprint density at radius 1 is 1.24 bits per heavy atom. The third-order valence-corrected chi connectivity index (χ3v) is 5.84. The summed E-state index contributed by atoms with van der Waals surface area (Å²) in [6.07, 6.45) is 0.898. The predicted octanol–water partition coefficient (Wildman–Crippen LogP) is 0.888. The van der Waals surface area contributed by atoms with Crippen LogP contribution in [0.5, 0.6) is 0 Å². The molecule has 25 heavy (non-hydrogen) atoms. The van der Waals surface area contributed by atoms with Crippen LogP contribution in [0, 0.1) is 0 Å². The second-order valence-corrected chi connectivity index (χ2v) is 9.07. The molecule has 1 saturated heterocycles. The summed E-state index contributed by atoms with van der Waals surface area (Å²) in [5, 5.41) is 2.77. The van der Waals surface area contributed by atoms with E-state index in [4.69, 9.17) is 10.5 Å². The Kier molecular flexibility index (Phi) is 5.88. The van der Waals surface area contributed by atoms with E-state index in [-0.39, 0.29) is 17.3 Å². The van der Waals surface area contributed by atoms with Crippen molar-refractivity contribution in [1.82, 2.24) is 10.0 Å². The number of amides is 1. The van der Waals surface area contributed by atoms with Gasteiger partial charge in [-0.1, -0.05) is 18.2 Å². The maximum atomic E-state index is 12.6. The summed E-state index contributed by atoms with van der Waals surface area (Å²) in [4.78, 5) is 12.6. The first kappa shape index (κ1) is 19.8. The maximum Gasteiger partial charge on any atom is 0.241 e. The van der Waals surface area contributed by atoms with Crippen LogP contribution in [0.2, 0.25) is 0 Å². The first-order chi connectivity index (χ1) is 11.5. The summed E-state index contributed by atoms with van der Waals surface area (Å²) < 4.78 is 33.1. The number of benzene rings is 1. The van der Waals surface area contributed by atoms with Gasteiger partial charge in [0.2, 0.25) is 15.9 Å². The van der Waals surface area contributed by atoms with Crippen molar-refractivity contribution in [2.24, 2.45) is 5.73 Å². The standard InChI is InChI=1S/C17H27N3O4S/c1-16(2,3)20-25(22,23)14-7-5-4-6-13(14)12-19-15(21)17(18)8-10-24-11-9-17/h4-7,20H,8-12,18H2,1-3H3,(H,19,21). The number of nitrogens with two attached hydrogens (primary N) is 1. The van der Waals surface area contributed by atoms with Crippen LogP contribution < -0.4 is 15.8 Å². The smallest absolute Gasteiger partial charge is 0.241 e. The monoisotopic (exact) mass is 369 g/mol. The SMILES string of the molecule is CC(C)(C)NS(=O)(=O)c1ccccc1CNC(=O)C1(N)CCOCC1. The highest BCUT2D eigenvalue weighted by molar-refractivity contribution is 7.89. The molecule has 0 aliphatic carbocycles. The largest absolute Gasteiger partial charge is 0.381 e. The van der Waals surface area contributed by atoms with E-state index in [0.717, 1.165) is 0 Å². The van der Waals surface area contributed by atoms with E-state index in [1.54, 1.807) is 39.0 Å². The van der Waals surface area contributed by atoms with Gasteiger partial charge in [-0.15, -0.1) is 0 Å². The van der Waals surface area contributed by atoms with E-state index >= 15 is 0 Å². The fourth-order valence-corrected chi connectivity index (χ4v) is 4.34. The van der Waals surface area contributed by atoms with Crippen molar-refractivity contribution in [3.8, 4) is 0 Å². The summed E-state index contributed by atoms with van der Waals surface area (Å²) in [6, 6.07) is 6.61. The minimum atomic E-state index is -3.69. The topological polar surface area (TPSA) is 111 Å². The van der Waals surface area contributed by atoms with Crippen LogP contribution in [0.15, 0.2) is 29.2 Å². The van der Waals surface area contributed by atoms with Crippen molar-refractivity contribution in [3.63, 3.8) is 0 Å². The molecule has 0 spiro atoms. The second kappa shape index (κ2) is 7.41. The highest BCUT2D eigenvalue weighted by Gasteiger charge is 2.36. The van der Waals surface area contributed by atoms with Crippen LogP contribution in [0.25, 0.3) is 0 Å². The van der Waals surface area contributed by atoms with Crippen molar-refractivity contribution < 1.29 is 17.9 Å². The van der Waals surface area contributed by atoms with Gasteiger partial charge in [-0.2, -0.15) is 0 Å². The summed E-state index contributed by atoms with van der Waals surface area (Å²) in [5.74, 6) is -0.285. The van der Waals surface area contributed by atoms with E-state index in [0.29, 0.717) is 31.6 Å². The van der Waals surface area contributed by atoms with Gasteiger partial charge in [0.15, 0.2) is 0 Å². The van der Waals surface area contributed by atoms with Crippen molar-refractivity contribution >= 4 is 15.9 Å². The number of nitrogens with one attached hydrogen (secondary N) is 2. The fourth-order valence-electron chi connectivity index (χ4n) is 2.68. The van der Waals surface area contributed by atoms with Crippen molar-refractivity contribution in [1.29, 1.82) is 0 Å². The summed E-state index contributed by atoms with van der Waals surface area (Å²) in [5.41, 5.74) is 5.11. The Morgan fingerprint density at radius 2 is 1.84 bits per heavy atom. The van der Waals surface area contributed by atoms with Gasteiger partial charge in [0, 0.05) is 25.3 Å². The average molecular weight is 369 g/mol. The van der Waals surface area contributed by atoms with Gasteiger partial charge in [-0.3, -0.25) is 4.79 Å². The molecule has 0 radical (unpaired) electrons. The number of hydrogen-bond acceptors (Lipinski definition) is 5. The van der Waals surface area contributed by atoms with E-state index in [9.17, 15) is 13.2 Å². The molecule has 0 saturated carbocycles. The molecule has 0 atom stereocenters. The number of ether oxygens (including phenoxy) is 1. The molecule has 1 heterocycles. The Balaban J connectivity index is 2.14. The molecule has 0 aromatic heterocycles. The van der Waals surface area contributed by atoms with E-state index < -0.39 is 21.1 Å². The van der Waals surface area contributed by atoms with Crippen LogP contribution in [-0.4, -0.2) is 38.6 Å². The molecule has 140 valence electrons. The molecule has 0 bridgehead atoms. The number of carbonyl (C=O) groups is 1. The first-order valence-corrected chi connectivity index (χ1v) is 9.79. The van der Waals surface area contributed by atoms with Gasteiger partial charge in [0.25, 0.3) is 0 Å². The van der Waals surface area contributed by atoms with Crippen LogP contribution in [0.1, 0.15) is 39.2 Å². The first-order valence-electron chi connectivity index (χ1n) is 8.30.